The highest BCUT2D eigenvalue weighted by Crippen LogP contribution is 2.20. The number of anilines is 1. The van der Waals surface area contributed by atoms with Crippen LogP contribution in [0.4, 0.5) is 5.95 Å². The number of hydrogen-bond acceptors (Lipinski definition) is 5. The summed E-state index contributed by atoms with van der Waals surface area (Å²) >= 11 is 0. The third-order valence-corrected chi connectivity index (χ3v) is 4.50. The molecule has 1 aliphatic carbocycles. The van der Waals surface area contributed by atoms with E-state index in [0.717, 1.165) is 31.9 Å². The zero-order valence-corrected chi connectivity index (χ0v) is 12.0. The first-order valence-corrected chi connectivity index (χ1v) is 7.85. The van der Waals surface area contributed by atoms with Crippen molar-refractivity contribution in [1.82, 2.24) is 15.3 Å². The molecule has 5 nitrogen and oxygen atoms in total. The summed E-state index contributed by atoms with van der Waals surface area (Å²) in [5.41, 5.74) is 5.98. The van der Waals surface area contributed by atoms with Crippen LogP contribution in [0.15, 0.2) is 18.5 Å². The van der Waals surface area contributed by atoms with Gasteiger partial charge in [0.2, 0.25) is 5.95 Å². The van der Waals surface area contributed by atoms with E-state index in [4.69, 9.17) is 5.73 Å². The van der Waals surface area contributed by atoms with E-state index in [2.05, 4.69) is 20.2 Å². The Balaban J connectivity index is 1.53. The van der Waals surface area contributed by atoms with E-state index in [9.17, 15) is 0 Å². The maximum atomic E-state index is 5.98. The molecule has 0 bridgehead atoms. The van der Waals surface area contributed by atoms with Crippen LogP contribution >= 0.6 is 0 Å². The lowest BCUT2D eigenvalue weighted by molar-refractivity contribution is 0.295. The average Bonchev–Trinajstić information content (AvgIpc) is 2.51. The van der Waals surface area contributed by atoms with Crippen LogP contribution in [0.3, 0.4) is 0 Å². The second kappa shape index (κ2) is 6.50. The minimum absolute atomic E-state index is 0.425. The largest absolute Gasteiger partial charge is 0.339 e. The molecule has 5 heteroatoms. The lowest BCUT2D eigenvalue weighted by Crippen LogP contribution is -2.50. The summed E-state index contributed by atoms with van der Waals surface area (Å²) in [6.07, 6.45) is 10.9. The Hall–Kier alpha value is -1.20. The highest BCUT2D eigenvalue weighted by Gasteiger charge is 2.25. The molecular weight excluding hydrogens is 250 g/mol. The predicted octanol–water partition coefficient (Wildman–Crippen LogP) is 1.30. The van der Waals surface area contributed by atoms with E-state index in [1.54, 1.807) is 0 Å². The van der Waals surface area contributed by atoms with Crippen molar-refractivity contribution < 1.29 is 0 Å². The van der Waals surface area contributed by atoms with E-state index in [1.807, 2.05) is 18.5 Å². The van der Waals surface area contributed by atoms with Gasteiger partial charge >= 0.3 is 0 Å². The second-order valence-corrected chi connectivity index (χ2v) is 6.11. The molecule has 20 heavy (non-hydrogen) atoms. The lowest BCUT2D eigenvalue weighted by atomic mass is 9.90. The van der Waals surface area contributed by atoms with Crippen molar-refractivity contribution in [2.24, 2.45) is 5.73 Å². The third-order valence-electron chi connectivity index (χ3n) is 4.50. The molecule has 1 saturated carbocycles. The molecule has 1 aromatic rings. The summed E-state index contributed by atoms with van der Waals surface area (Å²) in [5, 5.41) is 3.83. The molecule has 2 aliphatic rings. The van der Waals surface area contributed by atoms with Gasteiger partial charge in [-0.3, -0.25) is 0 Å². The molecule has 3 rings (SSSR count). The number of aromatic nitrogens is 2. The first-order chi connectivity index (χ1) is 9.81. The van der Waals surface area contributed by atoms with Gasteiger partial charge in [-0.05, 0) is 44.6 Å². The number of nitrogens with one attached hydrogen (secondary N) is 1. The van der Waals surface area contributed by atoms with Crippen LogP contribution in [0, 0.1) is 0 Å². The quantitative estimate of drug-likeness (QED) is 0.870. The predicted molar refractivity (Wildman–Crippen MR) is 80.6 cm³/mol. The van der Waals surface area contributed by atoms with Crippen LogP contribution in [0.5, 0.6) is 0 Å². The van der Waals surface area contributed by atoms with Crippen LogP contribution in [0.2, 0.25) is 0 Å². The van der Waals surface area contributed by atoms with E-state index in [-0.39, 0.29) is 0 Å². The van der Waals surface area contributed by atoms with Gasteiger partial charge in [0.05, 0.1) is 0 Å². The van der Waals surface area contributed by atoms with Crippen molar-refractivity contribution in [3.05, 3.63) is 18.5 Å². The molecule has 1 saturated heterocycles. The number of nitrogens with two attached hydrogens (primary N) is 1. The molecular formula is C15H25N5. The monoisotopic (exact) mass is 275 g/mol. The second-order valence-electron chi connectivity index (χ2n) is 6.11. The molecule has 1 aromatic heterocycles. The van der Waals surface area contributed by atoms with Gasteiger partial charge in [0.25, 0.3) is 0 Å². The van der Waals surface area contributed by atoms with Crippen LogP contribution < -0.4 is 16.0 Å². The zero-order chi connectivity index (χ0) is 13.8. The van der Waals surface area contributed by atoms with Crippen molar-refractivity contribution in [2.45, 2.75) is 56.7 Å². The summed E-state index contributed by atoms with van der Waals surface area (Å²) in [5.74, 6) is 0.865. The standard InChI is InChI=1S/C15H25N5/c16-12-4-6-13(7-5-12)19-14-3-1-10-20(11-14)15-17-8-2-9-18-15/h2,8-9,12-14,19H,1,3-7,10-11,16H2. The molecule has 1 atom stereocenters. The van der Waals surface area contributed by atoms with E-state index in [1.165, 1.54) is 25.7 Å². The molecule has 0 amide bonds. The summed E-state index contributed by atoms with van der Waals surface area (Å²) in [6, 6.07) is 3.51. The van der Waals surface area contributed by atoms with Crippen molar-refractivity contribution >= 4 is 5.95 Å². The third kappa shape index (κ3) is 3.46. The van der Waals surface area contributed by atoms with Crippen molar-refractivity contribution in [1.29, 1.82) is 0 Å². The van der Waals surface area contributed by atoms with Crippen molar-refractivity contribution in [2.75, 3.05) is 18.0 Å². The number of piperidine rings is 1. The Bertz CT molecular complexity index is 402. The van der Waals surface area contributed by atoms with Gasteiger partial charge in [0.15, 0.2) is 0 Å². The summed E-state index contributed by atoms with van der Waals surface area (Å²) < 4.78 is 0. The fraction of sp³-hybridized carbons (Fsp3) is 0.733. The van der Waals surface area contributed by atoms with Gasteiger partial charge in [0.1, 0.15) is 0 Å². The molecule has 1 aliphatic heterocycles. The molecule has 110 valence electrons. The van der Waals surface area contributed by atoms with E-state index < -0.39 is 0 Å². The highest BCUT2D eigenvalue weighted by atomic mass is 15.3. The Kier molecular flexibility index (Phi) is 4.47. The number of nitrogens with zero attached hydrogens (tertiary/aromatic N) is 3. The molecule has 0 aromatic carbocycles. The van der Waals surface area contributed by atoms with Crippen LogP contribution in [-0.2, 0) is 0 Å². The Morgan fingerprint density at radius 1 is 1.05 bits per heavy atom. The van der Waals surface area contributed by atoms with Gasteiger partial charge in [0, 0.05) is 43.6 Å². The van der Waals surface area contributed by atoms with Crippen molar-refractivity contribution in [3.8, 4) is 0 Å². The van der Waals surface area contributed by atoms with Gasteiger partial charge in [-0.25, -0.2) is 9.97 Å². The molecule has 2 heterocycles. The number of hydrogen-bond donors (Lipinski definition) is 2. The zero-order valence-electron chi connectivity index (χ0n) is 12.0. The van der Waals surface area contributed by atoms with Gasteiger partial charge in [-0.1, -0.05) is 0 Å². The maximum Gasteiger partial charge on any atom is 0.225 e. The Labute approximate surface area is 121 Å². The minimum atomic E-state index is 0.425. The first-order valence-electron chi connectivity index (χ1n) is 7.85. The Morgan fingerprint density at radius 2 is 1.80 bits per heavy atom. The first kappa shape index (κ1) is 13.8. The SMILES string of the molecule is NC1CCC(NC2CCCN(c3ncccn3)C2)CC1. The molecule has 2 fully saturated rings. The van der Waals surface area contributed by atoms with Gasteiger partial charge in [-0.2, -0.15) is 0 Å². The summed E-state index contributed by atoms with van der Waals surface area (Å²) in [6.45, 7) is 2.09. The normalized spacial score (nSPS) is 31.2. The molecule has 1 unspecified atom stereocenters. The topological polar surface area (TPSA) is 67.1 Å². The average molecular weight is 275 g/mol. The molecule has 0 radical (unpaired) electrons. The smallest absolute Gasteiger partial charge is 0.225 e. The summed E-state index contributed by atoms with van der Waals surface area (Å²) in [4.78, 5) is 11.0. The molecule has 0 spiro atoms. The van der Waals surface area contributed by atoms with Crippen LogP contribution in [-0.4, -0.2) is 41.2 Å². The highest BCUT2D eigenvalue weighted by molar-refractivity contribution is 5.29. The summed E-state index contributed by atoms with van der Waals surface area (Å²) in [7, 11) is 0. The van der Waals surface area contributed by atoms with Crippen LogP contribution in [0.1, 0.15) is 38.5 Å². The fourth-order valence-electron chi connectivity index (χ4n) is 3.37. The fourth-order valence-corrected chi connectivity index (χ4v) is 3.37. The lowest BCUT2D eigenvalue weighted by Gasteiger charge is -2.37. The van der Waals surface area contributed by atoms with E-state index >= 15 is 0 Å². The van der Waals surface area contributed by atoms with E-state index in [0.29, 0.717) is 18.1 Å². The van der Waals surface area contributed by atoms with Gasteiger partial charge in [-0.15, -0.1) is 0 Å². The molecule has 3 N–H and O–H groups in total. The maximum absolute atomic E-state index is 5.98. The van der Waals surface area contributed by atoms with Gasteiger partial charge < -0.3 is 16.0 Å². The Morgan fingerprint density at radius 3 is 2.55 bits per heavy atom. The van der Waals surface area contributed by atoms with Crippen LogP contribution in [0.25, 0.3) is 0 Å². The minimum Gasteiger partial charge on any atom is -0.339 e. The van der Waals surface area contributed by atoms with Crippen molar-refractivity contribution in [3.63, 3.8) is 0 Å². The number of rotatable bonds is 3.